The molecule has 42 heavy (non-hydrogen) atoms. The van der Waals surface area contributed by atoms with Crippen LogP contribution in [0.5, 0.6) is 11.5 Å². The van der Waals surface area contributed by atoms with Crippen LogP contribution in [0, 0.1) is 6.92 Å². The third-order valence-corrected chi connectivity index (χ3v) is 8.94. The normalized spacial score (nSPS) is 12.6. The van der Waals surface area contributed by atoms with E-state index >= 15 is 0 Å². The van der Waals surface area contributed by atoms with Gasteiger partial charge in [-0.25, -0.2) is 8.42 Å². The van der Waals surface area contributed by atoms with Crippen LogP contribution in [0.15, 0.2) is 77.7 Å². The second kappa shape index (κ2) is 14.7. The van der Waals surface area contributed by atoms with Crippen LogP contribution in [-0.2, 0) is 26.2 Å². The van der Waals surface area contributed by atoms with Crippen molar-refractivity contribution in [1.82, 2.24) is 10.2 Å². The zero-order chi connectivity index (χ0) is 30.9. The van der Waals surface area contributed by atoms with Crippen LogP contribution in [0.3, 0.4) is 0 Å². The highest BCUT2D eigenvalue weighted by molar-refractivity contribution is 7.92. The largest absolute Gasteiger partial charge is 0.497 e. The minimum atomic E-state index is -4.15. The molecule has 226 valence electrons. The van der Waals surface area contributed by atoms with Crippen LogP contribution in [0.1, 0.15) is 44.7 Å². The second-order valence-corrected chi connectivity index (χ2v) is 12.0. The fourth-order valence-corrected chi connectivity index (χ4v) is 5.82. The number of rotatable bonds is 14. The van der Waals surface area contributed by atoms with Gasteiger partial charge in [0.2, 0.25) is 11.8 Å². The molecule has 0 aliphatic rings. The Kier molecular flexibility index (Phi) is 11.4. The van der Waals surface area contributed by atoms with Crippen molar-refractivity contribution < 1.29 is 27.5 Å². The predicted molar refractivity (Wildman–Crippen MR) is 164 cm³/mol. The summed E-state index contributed by atoms with van der Waals surface area (Å²) in [7, 11) is -1.06. The maximum Gasteiger partial charge on any atom is 0.264 e. The van der Waals surface area contributed by atoms with E-state index in [1.165, 1.54) is 24.1 Å². The first kappa shape index (κ1) is 32.5. The van der Waals surface area contributed by atoms with E-state index in [9.17, 15) is 18.0 Å². The molecule has 0 aliphatic carbocycles. The number of nitrogens with zero attached hydrogens (tertiary/aromatic N) is 2. The summed E-state index contributed by atoms with van der Waals surface area (Å²) < 4.78 is 39.5. The first-order valence-electron chi connectivity index (χ1n) is 14.0. The number of anilines is 1. The van der Waals surface area contributed by atoms with Crippen molar-refractivity contribution in [3.05, 3.63) is 83.9 Å². The number of sulfonamides is 1. The van der Waals surface area contributed by atoms with Gasteiger partial charge in [-0.3, -0.25) is 13.9 Å². The van der Waals surface area contributed by atoms with E-state index < -0.39 is 28.5 Å². The van der Waals surface area contributed by atoms with Crippen molar-refractivity contribution >= 4 is 27.5 Å². The van der Waals surface area contributed by atoms with Gasteiger partial charge in [0, 0.05) is 12.6 Å². The van der Waals surface area contributed by atoms with Crippen LogP contribution < -0.4 is 19.1 Å². The third kappa shape index (κ3) is 8.03. The van der Waals surface area contributed by atoms with Gasteiger partial charge in [0.15, 0.2) is 0 Å². The molecule has 0 bridgehead atoms. The molecule has 0 aliphatic heterocycles. The zero-order valence-electron chi connectivity index (χ0n) is 25.2. The molecule has 2 amide bonds. The van der Waals surface area contributed by atoms with Crippen molar-refractivity contribution in [2.24, 2.45) is 0 Å². The van der Waals surface area contributed by atoms with Crippen molar-refractivity contribution in [2.75, 3.05) is 25.1 Å². The molecule has 3 aromatic rings. The van der Waals surface area contributed by atoms with Crippen LogP contribution in [0.2, 0.25) is 0 Å². The summed E-state index contributed by atoms with van der Waals surface area (Å²) in [5.41, 5.74) is 1.98. The lowest BCUT2D eigenvalue weighted by molar-refractivity contribution is -0.140. The number of carbonyl (C=O) groups is 2. The number of amides is 2. The Labute approximate surface area is 249 Å². The Morgan fingerprint density at radius 1 is 0.833 bits per heavy atom. The molecular formula is C32H41N3O6S. The summed E-state index contributed by atoms with van der Waals surface area (Å²) in [4.78, 5) is 29.1. The summed E-state index contributed by atoms with van der Waals surface area (Å²) >= 11 is 0. The Balaban J connectivity index is 2.06. The molecular weight excluding hydrogens is 554 g/mol. The van der Waals surface area contributed by atoms with E-state index in [1.807, 2.05) is 39.8 Å². The minimum Gasteiger partial charge on any atom is -0.497 e. The van der Waals surface area contributed by atoms with Crippen molar-refractivity contribution in [3.8, 4) is 11.5 Å². The van der Waals surface area contributed by atoms with Crippen LogP contribution >= 0.6 is 0 Å². The topological polar surface area (TPSA) is 105 Å². The highest BCUT2D eigenvalue weighted by Gasteiger charge is 2.34. The summed E-state index contributed by atoms with van der Waals surface area (Å²) in [6.45, 7) is 7.17. The molecule has 3 aromatic carbocycles. The maximum absolute atomic E-state index is 14.2. The van der Waals surface area contributed by atoms with Gasteiger partial charge in [0.05, 0.1) is 24.8 Å². The predicted octanol–water partition coefficient (Wildman–Crippen LogP) is 4.93. The lowest BCUT2D eigenvalue weighted by Gasteiger charge is -2.33. The Bertz CT molecular complexity index is 1420. The summed E-state index contributed by atoms with van der Waals surface area (Å²) in [5.74, 6) is 0.411. The number of carbonyl (C=O) groups excluding carboxylic acids is 2. The Morgan fingerprint density at radius 3 is 1.88 bits per heavy atom. The number of methoxy groups -OCH3 is 2. The lowest BCUT2D eigenvalue weighted by Crippen LogP contribution is -2.53. The third-order valence-electron chi connectivity index (χ3n) is 7.15. The van der Waals surface area contributed by atoms with Gasteiger partial charge in [-0.1, -0.05) is 43.7 Å². The van der Waals surface area contributed by atoms with E-state index in [4.69, 9.17) is 9.47 Å². The van der Waals surface area contributed by atoms with Crippen LogP contribution in [-0.4, -0.2) is 58.0 Å². The van der Waals surface area contributed by atoms with Gasteiger partial charge in [0.1, 0.15) is 24.1 Å². The average molecular weight is 596 g/mol. The Hall–Kier alpha value is -4.05. The first-order valence-corrected chi connectivity index (χ1v) is 15.4. The van der Waals surface area contributed by atoms with E-state index in [2.05, 4.69) is 5.32 Å². The lowest BCUT2D eigenvalue weighted by atomic mass is 10.1. The number of hydrogen-bond donors (Lipinski definition) is 1. The van der Waals surface area contributed by atoms with Crippen molar-refractivity contribution in [3.63, 3.8) is 0 Å². The second-order valence-electron chi connectivity index (χ2n) is 10.1. The standard InChI is InChI=1S/C32H41N3O6S/c1-7-24(4)33-32(37)30(8-2)34(21-25-11-15-27(40-5)16-12-25)31(36)22-35(26-13-17-28(41-6)18-14-26)42(38,39)29-19-9-23(3)10-20-29/h9-20,24,30H,7-8,21-22H2,1-6H3,(H,33,37)/t24-,30-/m0/s1. The van der Waals surface area contributed by atoms with Gasteiger partial charge >= 0.3 is 0 Å². The van der Waals surface area contributed by atoms with Gasteiger partial charge in [-0.05, 0) is 80.8 Å². The molecule has 2 atom stereocenters. The summed E-state index contributed by atoms with van der Waals surface area (Å²) in [6.07, 6.45) is 1.08. The number of benzene rings is 3. The molecule has 0 saturated carbocycles. The SMILES string of the molecule is CC[C@H](C)NC(=O)[C@H](CC)N(Cc1ccc(OC)cc1)C(=O)CN(c1ccc(OC)cc1)S(=O)(=O)c1ccc(C)cc1. The first-order chi connectivity index (χ1) is 20.0. The Morgan fingerprint density at radius 2 is 1.38 bits per heavy atom. The molecule has 0 saturated heterocycles. The number of aryl methyl sites for hydroxylation is 1. The van der Waals surface area contributed by atoms with Crippen molar-refractivity contribution in [1.29, 1.82) is 0 Å². The molecule has 0 radical (unpaired) electrons. The van der Waals surface area contributed by atoms with Crippen molar-refractivity contribution in [2.45, 2.75) is 64.1 Å². The fourth-order valence-electron chi connectivity index (χ4n) is 4.40. The van der Waals surface area contributed by atoms with E-state index in [1.54, 1.807) is 55.6 Å². The quantitative estimate of drug-likeness (QED) is 0.283. The maximum atomic E-state index is 14.2. The zero-order valence-corrected chi connectivity index (χ0v) is 26.0. The number of hydrogen-bond acceptors (Lipinski definition) is 6. The molecule has 10 heteroatoms. The van der Waals surface area contributed by atoms with Crippen LogP contribution in [0.25, 0.3) is 0 Å². The van der Waals surface area contributed by atoms with Gasteiger partial charge in [-0.2, -0.15) is 0 Å². The number of nitrogens with one attached hydrogen (secondary N) is 1. The molecule has 0 aromatic heterocycles. The average Bonchev–Trinajstić information content (AvgIpc) is 3.00. The van der Waals surface area contributed by atoms with E-state index in [0.29, 0.717) is 23.6 Å². The number of ether oxygens (including phenoxy) is 2. The fraction of sp³-hybridized carbons (Fsp3) is 0.375. The van der Waals surface area contributed by atoms with E-state index in [-0.39, 0.29) is 23.4 Å². The van der Waals surface area contributed by atoms with Gasteiger partial charge in [-0.15, -0.1) is 0 Å². The molecule has 9 nitrogen and oxygen atoms in total. The van der Waals surface area contributed by atoms with Gasteiger partial charge in [0.25, 0.3) is 10.0 Å². The van der Waals surface area contributed by atoms with E-state index in [0.717, 1.165) is 21.9 Å². The molecule has 3 rings (SSSR count). The smallest absolute Gasteiger partial charge is 0.264 e. The minimum absolute atomic E-state index is 0.0555. The molecule has 0 spiro atoms. The highest BCUT2D eigenvalue weighted by atomic mass is 32.2. The monoisotopic (exact) mass is 595 g/mol. The highest BCUT2D eigenvalue weighted by Crippen LogP contribution is 2.27. The summed E-state index contributed by atoms with van der Waals surface area (Å²) in [6, 6.07) is 19.3. The van der Waals surface area contributed by atoms with Gasteiger partial charge < -0.3 is 19.7 Å². The summed E-state index contributed by atoms with van der Waals surface area (Å²) in [5, 5.41) is 2.98. The molecule has 1 N–H and O–H groups in total. The molecule has 0 fully saturated rings. The molecule has 0 heterocycles. The van der Waals surface area contributed by atoms with Crippen LogP contribution in [0.4, 0.5) is 5.69 Å². The molecule has 0 unspecified atom stereocenters.